The Morgan fingerprint density at radius 2 is 2.00 bits per heavy atom. The van der Waals surface area contributed by atoms with Gasteiger partial charge in [0, 0.05) is 22.5 Å². The van der Waals surface area contributed by atoms with Crippen LogP contribution < -0.4 is 9.47 Å². The van der Waals surface area contributed by atoms with Crippen LogP contribution in [0, 0.1) is 0 Å². The second-order valence-corrected chi connectivity index (χ2v) is 6.36. The van der Waals surface area contributed by atoms with E-state index in [9.17, 15) is 4.79 Å². The van der Waals surface area contributed by atoms with Crippen LogP contribution in [0.1, 0.15) is 11.1 Å². The van der Waals surface area contributed by atoms with Crippen LogP contribution in [-0.4, -0.2) is 19.4 Å². The molecule has 0 saturated heterocycles. The summed E-state index contributed by atoms with van der Waals surface area (Å²) in [5, 5.41) is 0.707. The Bertz CT molecular complexity index is 833. The zero-order valence-corrected chi connectivity index (χ0v) is 15.2. The minimum Gasteiger partial charge on any atom is -0.467 e. The average molecular weight is 400 g/mol. The maximum absolute atomic E-state index is 12.5. The van der Waals surface area contributed by atoms with Crippen LogP contribution in [-0.2, 0) is 15.4 Å². The summed E-state index contributed by atoms with van der Waals surface area (Å²) >= 11 is 17.8. The number of benzene rings is 2. The molecule has 0 bridgehead atoms. The molecule has 0 unspecified atom stereocenters. The minimum atomic E-state index is -0.576. The molecule has 0 radical (unpaired) electrons. The molecule has 2 aromatic rings. The summed E-state index contributed by atoms with van der Waals surface area (Å²) in [6, 6.07) is 10.1. The smallest absolute Gasteiger partial charge is 0.341 e. The van der Waals surface area contributed by atoms with Crippen molar-refractivity contribution in [3.05, 3.63) is 63.1 Å². The van der Waals surface area contributed by atoms with Gasteiger partial charge >= 0.3 is 5.97 Å². The van der Waals surface area contributed by atoms with Gasteiger partial charge in [-0.1, -0.05) is 29.3 Å². The van der Waals surface area contributed by atoms with Crippen molar-refractivity contribution in [1.29, 1.82) is 0 Å². The first kappa shape index (κ1) is 18.1. The standard InChI is InChI=1S/C18H13Cl3O4/c19-8-11-1-4-16-12(5-11)6-13(9-23-10-24-16)18(22)25-17-7-14(20)2-3-15(17)21/h1-7H,8-10H2/b13-6+. The molecular weight excluding hydrogens is 387 g/mol. The lowest BCUT2D eigenvalue weighted by Gasteiger charge is -2.16. The third kappa shape index (κ3) is 4.47. The fraction of sp³-hybridized carbons (Fsp3) is 0.167. The fourth-order valence-corrected chi connectivity index (χ4v) is 2.73. The Morgan fingerprint density at radius 3 is 2.80 bits per heavy atom. The van der Waals surface area contributed by atoms with E-state index in [2.05, 4.69) is 0 Å². The fourth-order valence-electron chi connectivity index (χ4n) is 2.25. The summed E-state index contributed by atoms with van der Waals surface area (Å²) in [5.74, 6) is 0.566. The highest BCUT2D eigenvalue weighted by Gasteiger charge is 2.18. The zero-order chi connectivity index (χ0) is 17.8. The van der Waals surface area contributed by atoms with Crippen LogP contribution in [0.15, 0.2) is 42.0 Å². The summed E-state index contributed by atoms with van der Waals surface area (Å²) in [6.45, 7) is 0.0668. The van der Waals surface area contributed by atoms with E-state index >= 15 is 0 Å². The van der Waals surface area contributed by atoms with Crippen molar-refractivity contribution >= 4 is 46.8 Å². The van der Waals surface area contributed by atoms with Gasteiger partial charge in [-0.05, 0) is 35.9 Å². The minimum absolute atomic E-state index is 0.0236. The van der Waals surface area contributed by atoms with Crippen molar-refractivity contribution in [2.24, 2.45) is 0 Å². The molecule has 0 aliphatic carbocycles. The number of ether oxygens (including phenoxy) is 3. The van der Waals surface area contributed by atoms with Crippen molar-refractivity contribution in [3.8, 4) is 11.5 Å². The molecule has 1 heterocycles. The van der Waals surface area contributed by atoms with E-state index in [4.69, 9.17) is 49.0 Å². The molecule has 1 aliphatic heterocycles. The highest BCUT2D eigenvalue weighted by Crippen LogP contribution is 2.30. The van der Waals surface area contributed by atoms with E-state index in [1.54, 1.807) is 24.3 Å². The Balaban J connectivity index is 1.91. The molecular formula is C18H13Cl3O4. The second-order valence-electron chi connectivity index (χ2n) is 5.25. The highest BCUT2D eigenvalue weighted by atomic mass is 35.5. The van der Waals surface area contributed by atoms with Gasteiger partial charge in [0.15, 0.2) is 12.5 Å². The van der Waals surface area contributed by atoms with Crippen LogP contribution in [0.25, 0.3) is 6.08 Å². The Hall–Kier alpha value is -1.72. The first-order chi connectivity index (χ1) is 12.1. The van der Waals surface area contributed by atoms with E-state index in [1.165, 1.54) is 6.07 Å². The Morgan fingerprint density at radius 1 is 1.16 bits per heavy atom. The van der Waals surface area contributed by atoms with E-state index in [-0.39, 0.29) is 19.1 Å². The van der Waals surface area contributed by atoms with Crippen molar-refractivity contribution in [2.75, 3.05) is 13.4 Å². The van der Waals surface area contributed by atoms with Gasteiger partial charge in [-0.3, -0.25) is 0 Å². The quantitative estimate of drug-likeness (QED) is 0.410. The lowest BCUT2D eigenvalue weighted by molar-refractivity contribution is -0.131. The number of hydrogen-bond donors (Lipinski definition) is 0. The summed E-state index contributed by atoms with van der Waals surface area (Å²) in [7, 11) is 0. The second kappa shape index (κ2) is 8.11. The average Bonchev–Trinajstić information content (AvgIpc) is 2.58. The van der Waals surface area contributed by atoms with Crippen LogP contribution in [0.3, 0.4) is 0 Å². The molecule has 25 heavy (non-hydrogen) atoms. The molecule has 3 rings (SSSR count). The molecule has 0 N–H and O–H groups in total. The lowest BCUT2D eigenvalue weighted by Crippen LogP contribution is -2.18. The van der Waals surface area contributed by atoms with Crippen molar-refractivity contribution in [2.45, 2.75) is 5.88 Å². The van der Waals surface area contributed by atoms with Gasteiger partial charge in [0.05, 0.1) is 17.2 Å². The maximum atomic E-state index is 12.5. The molecule has 0 atom stereocenters. The van der Waals surface area contributed by atoms with Crippen molar-refractivity contribution in [3.63, 3.8) is 0 Å². The van der Waals surface area contributed by atoms with E-state index in [1.807, 2.05) is 12.1 Å². The van der Waals surface area contributed by atoms with Gasteiger partial charge in [-0.25, -0.2) is 4.79 Å². The predicted molar refractivity (Wildman–Crippen MR) is 97.5 cm³/mol. The van der Waals surface area contributed by atoms with E-state index in [0.717, 1.165) is 11.1 Å². The summed E-state index contributed by atoms with van der Waals surface area (Å²) in [5.41, 5.74) is 1.96. The monoisotopic (exact) mass is 398 g/mol. The molecule has 0 amide bonds. The number of hydrogen-bond acceptors (Lipinski definition) is 4. The number of carbonyl (C=O) groups excluding carboxylic acids is 1. The van der Waals surface area contributed by atoms with Gasteiger partial charge in [0.2, 0.25) is 0 Å². The number of halogens is 3. The van der Waals surface area contributed by atoms with Crippen LogP contribution in [0.4, 0.5) is 0 Å². The van der Waals surface area contributed by atoms with Crippen LogP contribution in [0.5, 0.6) is 11.5 Å². The number of carbonyl (C=O) groups is 1. The van der Waals surface area contributed by atoms with E-state index < -0.39 is 5.97 Å². The first-order valence-electron chi connectivity index (χ1n) is 7.34. The third-order valence-electron chi connectivity index (χ3n) is 3.47. The van der Waals surface area contributed by atoms with Crippen molar-refractivity contribution < 1.29 is 19.0 Å². The highest BCUT2D eigenvalue weighted by molar-refractivity contribution is 6.34. The first-order valence-corrected chi connectivity index (χ1v) is 8.63. The number of rotatable bonds is 3. The molecule has 0 fully saturated rings. The molecule has 0 saturated carbocycles. The maximum Gasteiger partial charge on any atom is 0.341 e. The van der Waals surface area contributed by atoms with Crippen LogP contribution >= 0.6 is 34.8 Å². The summed E-state index contributed by atoms with van der Waals surface area (Å²) in [6.07, 6.45) is 1.66. The largest absolute Gasteiger partial charge is 0.467 e. The molecule has 4 nitrogen and oxygen atoms in total. The summed E-state index contributed by atoms with van der Waals surface area (Å²) < 4.78 is 16.2. The molecule has 1 aliphatic rings. The molecule has 7 heteroatoms. The molecule has 0 spiro atoms. The molecule has 2 aromatic carbocycles. The predicted octanol–water partition coefficient (Wildman–Crippen LogP) is 5.09. The Labute approximate surface area is 159 Å². The topological polar surface area (TPSA) is 44.8 Å². The molecule has 0 aromatic heterocycles. The van der Waals surface area contributed by atoms with Gasteiger partial charge in [-0.2, -0.15) is 0 Å². The SMILES string of the molecule is O=C(Oc1cc(Cl)ccc1Cl)/C1=C/c2cc(CCl)ccc2OCOC1. The lowest BCUT2D eigenvalue weighted by atomic mass is 10.1. The molecule has 130 valence electrons. The Kier molecular flexibility index (Phi) is 5.86. The number of alkyl halides is 1. The number of fused-ring (bicyclic) bond motifs is 1. The van der Waals surface area contributed by atoms with Gasteiger partial charge < -0.3 is 14.2 Å². The van der Waals surface area contributed by atoms with E-state index in [0.29, 0.717) is 27.2 Å². The van der Waals surface area contributed by atoms with Crippen LogP contribution in [0.2, 0.25) is 10.0 Å². The normalized spacial score (nSPS) is 15.9. The van der Waals surface area contributed by atoms with Crippen molar-refractivity contribution in [1.82, 2.24) is 0 Å². The third-order valence-corrected chi connectivity index (χ3v) is 4.33. The van der Waals surface area contributed by atoms with Gasteiger partial charge in [0.25, 0.3) is 0 Å². The zero-order valence-electron chi connectivity index (χ0n) is 12.9. The number of esters is 1. The van der Waals surface area contributed by atoms with Gasteiger partial charge in [-0.15, -0.1) is 11.6 Å². The van der Waals surface area contributed by atoms with Gasteiger partial charge in [0.1, 0.15) is 5.75 Å². The summed E-state index contributed by atoms with van der Waals surface area (Å²) in [4.78, 5) is 12.5.